The van der Waals surface area contributed by atoms with E-state index in [1.54, 1.807) is 12.1 Å². The maximum absolute atomic E-state index is 13.8. The van der Waals surface area contributed by atoms with Crippen LogP contribution in [0.25, 0.3) is 11.1 Å². The molecule has 0 bridgehead atoms. The van der Waals surface area contributed by atoms with Crippen LogP contribution in [0.4, 0.5) is 4.39 Å². The molecule has 0 amide bonds. The maximum atomic E-state index is 13.8. The average molecular weight is 355 g/mol. The van der Waals surface area contributed by atoms with Crippen molar-refractivity contribution < 1.29 is 8.81 Å². The first-order chi connectivity index (χ1) is 9.65. The minimum atomic E-state index is -0.543. The molecule has 0 aliphatic heterocycles. The Morgan fingerprint density at radius 3 is 2.75 bits per heavy atom. The second kappa shape index (κ2) is 5.54. The Labute approximate surface area is 128 Å². The zero-order valence-corrected chi connectivity index (χ0v) is 12.7. The molecule has 3 aromatic rings. The Morgan fingerprint density at radius 2 is 2.00 bits per heavy atom. The van der Waals surface area contributed by atoms with Gasteiger partial charge in [-0.1, -0.05) is 34.1 Å². The van der Waals surface area contributed by atoms with Gasteiger partial charge in [0.2, 0.25) is 0 Å². The number of rotatable bonds is 3. The lowest BCUT2D eigenvalue weighted by atomic mass is 10.1. The Balaban J connectivity index is 1.90. The van der Waals surface area contributed by atoms with Crippen LogP contribution < -0.4 is 0 Å². The van der Waals surface area contributed by atoms with Gasteiger partial charge >= 0.3 is 0 Å². The minimum absolute atomic E-state index is 0.329. The van der Waals surface area contributed by atoms with Gasteiger partial charge in [0.15, 0.2) is 11.5 Å². The summed E-state index contributed by atoms with van der Waals surface area (Å²) in [5.41, 5.74) is 1.91. The van der Waals surface area contributed by atoms with Crippen molar-refractivity contribution in [2.24, 2.45) is 0 Å². The van der Waals surface area contributed by atoms with Crippen molar-refractivity contribution in [3.63, 3.8) is 0 Å². The van der Waals surface area contributed by atoms with Crippen LogP contribution >= 0.6 is 27.5 Å². The van der Waals surface area contributed by atoms with Gasteiger partial charge in [0.25, 0.3) is 0 Å². The number of hydrogen-bond donors (Lipinski definition) is 0. The monoisotopic (exact) mass is 353 g/mol. The first-order valence-corrected chi connectivity index (χ1v) is 7.30. The van der Waals surface area contributed by atoms with Crippen molar-refractivity contribution in [1.29, 1.82) is 0 Å². The average Bonchev–Trinajstić information content (AvgIpc) is 2.80. The third kappa shape index (κ3) is 2.58. The summed E-state index contributed by atoms with van der Waals surface area (Å²) in [5.74, 6) is 0.164. The highest BCUT2D eigenvalue weighted by atomic mass is 79.9. The molecular formula is C15H10BrClFNO. The van der Waals surface area contributed by atoms with Gasteiger partial charge in [-0.3, -0.25) is 0 Å². The first kappa shape index (κ1) is 13.6. The molecule has 1 atom stereocenters. The molecule has 0 saturated carbocycles. The second-order valence-electron chi connectivity index (χ2n) is 4.38. The van der Waals surface area contributed by atoms with Gasteiger partial charge in [-0.15, -0.1) is 11.6 Å². The van der Waals surface area contributed by atoms with E-state index in [1.165, 1.54) is 6.07 Å². The summed E-state index contributed by atoms with van der Waals surface area (Å²) < 4.78 is 20.1. The summed E-state index contributed by atoms with van der Waals surface area (Å²) in [6.07, 6.45) is 0.329. The maximum Gasteiger partial charge on any atom is 0.197 e. The summed E-state index contributed by atoms with van der Waals surface area (Å²) >= 11 is 9.63. The van der Waals surface area contributed by atoms with Gasteiger partial charge < -0.3 is 4.42 Å². The molecule has 1 unspecified atom stereocenters. The summed E-state index contributed by atoms with van der Waals surface area (Å²) in [4.78, 5) is 4.35. The highest BCUT2D eigenvalue weighted by Crippen LogP contribution is 2.33. The zero-order valence-electron chi connectivity index (χ0n) is 10.3. The molecule has 0 aliphatic rings. The molecule has 102 valence electrons. The highest BCUT2D eigenvalue weighted by molar-refractivity contribution is 9.10. The molecule has 1 aromatic heterocycles. The molecule has 2 nitrogen and oxygen atoms in total. The number of fused-ring (bicyclic) bond motifs is 1. The largest absolute Gasteiger partial charge is 0.441 e. The van der Waals surface area contributed by atoms with Crippen LogP contribution in [0.15, 0.2) is 51.4 Å². The fourth-order valence-electron chi connectivity index (χ4n) is 2.07. The quantitative estimate of drug-likeness (QED) is 0.600. The molecule has 20 heavy (non-hydrogen) atoms. The summed E-state index contributed by atoms with van der Waals surface area (Å²) in [6, 6.07) is 12.3. The summed E-state index contributed by atoms with van der Waals surface area (Å²) in [6.45, 7) is 0. The number of benzene rings is 2. The van der Waals surface area contributed by atoms with Gasteiger partial charge in [0, 0.05) is 16.5 Å². The van der Waals surface area contributed by atoms with Crippen molar-refractivity contribution in [2.75, 3.05) is 0 Å². The number of hydrogen-bond acceptors (Lipinski definition) is 2. The van der Waals surface area contributed by atoms with Gasteiger partial charge in [-0.05, 0) is 24.3 Å². The normalized spacial score (nSPS) is 12.8. The lowest BCUT2D eigenvalue weighted by Gasteiger charge is -2.10. The SMILES string of the molecule is Fc1cccc(Br)c1C(Cl)Cc1nc2ccccc2o1. The Morgan fingerprint density at radius 1 is 1.20 bits per heavy atom. The van der Waals surface area contributed by atoms with E-state index in [-0.39, 0.29) is 5.82 Å². The van der Waals surface area contributed by atoms with Crippen LogP contribution in [-0.2, 0) is 6.42 Å². The molecule has 0 radical (unpaired) electrons. The van der Waals surface area contributed by atoms with Crippen LogP contribution in [0.1, 0.15) is 16.8 Å². The molecule has 0 N–H and O–H groups in total. The smallest absolute Gasteiger partial charge is 0.197 e. The molecule has 0 fully saturated rings. The zero-order chi connectivity index (χ0) is 14.1. The van der Waals surface area contributed by atoms with Crippen molar-refractivity contribution in [3.8, 4) is 0 Å². The van der Waals surface area contributed by atoms with E-state index >= 15 is 0 Å². The van der Waals surface area contributed by atoms with Crippen LogP contribution in [0.3, 0.4) is 0 Å². The van der Waals surface area contributed by atoms with E-state index in [9.17, 15) is 4.39 Å². The lowest BCUT2D eigenvalue weighted by Crippen LogP contribution is -2.00. The second-order valence-corrected chi connectivity index (χ2v) is 5.76. The molecule has 2 aromatic carbocycles. The first-order valence-electron chi connectivity index (χ1n) is 6.07. The molecule has 0 spiro atoms. The van der Waals surface area contributed by atoms with Gasteiger partial charge in [-0.25, -0.2) is 9.37 Å². The third-order valence-corrected chi connectivity index (χ3v) is 4.07. The summed E-state index contributed by atoms with van der Waals surface area (Å²) in [7, 11) is 0. The molecular weight excluding hydrogens is 345 g/mol. The topological polar surface area (TPSA) is 26.0 Å². The highest BCUT2D eigenvalue weighted by Gasteiger charge is 2.19. The molecule has 5 heteroatoms. The molecule has 0 saturated heterocycles. The van der Waals surface area contributed by atoms with Crippen molar-refractivity contribution in [1.82, 2.24) is 4.98 Å². The number of alkyl halides is 1. The van der Waals surface area contributed by atoms with E-state index in [0.717, 1.165) is 5.52 Å². The minimum Gasteiger partial charge on any atom is -0.441 e. The predicted octanol–water partition coefficient (Wildman–Crippen LogP) is 5.25. The van der Waals surface area contributed by atoms with Gasteiger partial charge in [-0.2, -0.15) is 0 Å². The standard InChI is InChI=1S/C15H10BrClFNO/c16-9-4-3-5-11(18)15(9)10(17)8-14-19-12-6-1-2-7-13(12)20-14/h1-7,10H,8H2. The van der Waals surface area contributed by atoms with E-state index in [4.69, 9.17) is 16.0 Å². The predicted molar refractivity (Wildman–Crippen MR) is 80.4 cm³/mol. The lowest BCUT2D eigenvalue weighted by molar-refractivity contribution is 0.519. The van der Waals surface area contributed by atoms with Crippen LogP contribution in [-0.4, -0.2) is 4.98 Å². The number of aromatic nitrogens is 1. The molecule has 3 rings (SSSR count). The van der Waals surface area contributed by atoms with Gasteiger partial charge in [0.05, 0.1) is 5.38 Å². The van der Waals surface area contributed by atoms with Crippen molar-refractivity contribution >= 4 is 38.6 Å². The van der Waals surface area contributed by atoms with E-state index in [0.29, 0.717) is 27.9 Å². The van der Waals surface area contributed by atoms with E-state index < -0.39 is 5.38 Å². The van der Waals surface area contributed by atoms with Crippen LogP contribution in [0.5, 0.6) is 0 Å². The number of halogens is 3. The number of oxazole rings is 1. The Hall–Kier alpha value is -1.39. The fourth-order valence-corrected chi connectivity index (χ4v) is 3.18. The third-order valence-electron chi connectivity index (χ3n) is 3.00. The van der Waals surface area contributed by atoms with E-state index in [2.05, 4.69) is 20.9 Å². The Bertz CT molecular complexity index is 705. The van der Waals surface area contributed by atoms with Crippen molar-refractivity contribution in [2.45, 2.75) is 11.8 Å². The van der Waals surface area contributed by atoms with E-state index in [1.807, 2.05) is 24.3 Å². The molecule has 1 heterocycles. The fraction of sp³-hybridized carbons (Fsp3) is 0.133. The van der Waals surface area contributed by atoms with Gasteiger partial charge in [0.1, 0.15) is 11.3 Å². The summed E-state index contributed by atoms with van der Waals surface area (Å²) in [5, 5.41) is -0.543. The van der Waals surface area contributed by atoms with Crippen LogP contribution in [0, 0.1) is 5.82 Å². The van der Waals surface area contributed by atoms with Crippen molar-refractivity contribution in [3.05, 3.63) is 64.2 Å². The number of para-hydroxylation sites is 2. The van der Waals surface area contributed by atoms with Crippen LogP contribution in [0.2, 0.25) is 0 Å². The Kier molecular flexibility index (Phi) is 3.76. The number of nitrogens with zero attached hydrogens (tertiary/aromatic N) is 1. The molecule has 0 aliphatic carbocycles.